The fourth-order valence-corrected chi connectivity index (χ4v) is 4.72. The highest BCUT2D eigenvalue weighted by Crippen LogP contribution is 2.50. The van der Waals surface area contributed by atoms with Gasteiger partial charge in [-0.25, -0.2) is 13.8 Å². The van der Waals surface area contributed by atoms with E-state index in [1.165, 1.54) is 18.2 Å². The van der Waals surface area contributed by atoms with Crippen LogP contribution in [0, 0.1) is 11.6 Å². The lowest BCUT2D eigenvalue weighted by Gasteiger charge is -2.32. The molecule has 0 aliphatic carbocycles. The minimum absolute atomic E-state index is 0.00922. The van der Waals surface area contributed by atoms with Gasteiger partial charge in [-0.15, -0.1) is 0 Å². The smallest absolute Gasteiger partial charge is 0.430 e. The fourth-order valence-electron chi connectivity index (χ4n) is 4.72. The predicted octanol–water partition coefficient (Wildman–Crippen LogP) is 6.58. The second-order valence-corrected chi connectivity index (χ2v) is 10.2. The van der Waals surface area contributed by atoms with Crippen LogP contribution in [0.1, 0.15) is 17.0 Å². The highest BCUT2D eigenvalue weighted by molar-refractivity contribution is 5.92. The zero-order valence-electron chi connectivity index (χ0n) is 23.7. The number of carbonyl (C=O) groups excluding carboxylic acids is 1. The van der Waals surface area contributed by atoms with Gasteiger partial charge < -0.3 is 15.2 Å². The minimum Gasteiger partial charge on any atom is -0.484 e. The van der Waals surface area contributed by atoms with Crippen LogP contribution in [-0.4, -0.2) is 39.5 Å². The molecule has 0 saturated heterocycles. The number of rotatable bonds is 8. The van der Waals surface area contributed by atoms with Crippen LogP contribution >= 0.6 is 0 Å². The minimum atomic E-state index is -6.10. The molecule has 244 valence electrons. The number of nitrogens with one attached hydrogen (secondary N) is 1. The molecule has 4 aromatic carbocycles. The highest BCUT2D eigenvalue weighted by atomic mass is 19.4. The Hall–Kier alpha value is -5.31. The molecule has 7 nitrogen and oxygen atoms in total. The lowest BCUT2D eigenvalue weighted by molar-refractivity contribution is -0.376. The standard InChI is InChI=1S/C32H21F8N3O4/c33-24-12-8-20(15-25(24)34)41-28(44)17-47-22-11-13-26-23(16-22)29(45)43(27(42-26)14-18-4-2-1-3-5-18)21-9-6-19(7-10-21)30(46,31(35,36)37)32(38,39)40/h1-13,15-16,46H,14,17H2,(H,41,44). The molecule has 0 bridgehead atoms. The Morgan fingerprint density at radius 1 is 0.830 bits per heavy atom. The number of benzene rings is 4. The zero-order valence-corrected chi connectivity index (χ0v) is 23.7. The van der Waals surface area contributed by atoms with Crippen molar-refractivity contribution in [1.82, 2.24) is 9.55 Å². The number of amides is 1. The van der Waals surface area contributed by atoms with Crippen molar-refractivity contribution < 1.29 is 49.8 Å². The summed E-state index contributed by atoms with van der Waals surface area (Å²) in [4.78, 5) is 30.7. The molecule has 0 radical (unpaired) electrons. The first-order chi connectivity index (χ1) is 22.1. The summed E-state index contributed by atoms with van der Waals surface area (Å²) in [6, 6.07) is 17.9. The molecule has 1 aromatic heterocycles. The Kier molecular flexibility index (Phi) is 8.77. The van der Waals surface area contributed by atoms with Crippen LogP contribution in [0.3, 0.4) is 0 Å². The number of hydrogen-bond donors (Lipinski definition) is 2. The number of aromatic nitrogens is 2. The van der Waals surface area contributed by atoms with E-state index in [1.807, 2.05) is 0 Å². The Balaban J connectivity index is 1.52. The summed E-state index contributed by atoms with van der Waals surface area (Å²) >= 11 is 0. The van der Waals surface area contributed by atoms with Gasteiger partial charge in [-0.05, 0) is 48.0 Å². The Morgan fingerprint density at radius 3 is 2.11 bits per heavy atom. The van der Waals surface area contributed by atoms with Crippen molar-refractivity contribution in [3.05, 3.63) is 130 Å². The number of anilines is 1. The third kappa shape index (κ3) is 6.65. The summed E-state index contributed by atoms with van der Waals surface area (Å²) in [6.45, 7) is -0.610. The number of ether oxygens (including phenoxy) is 1. The van der Waals surface area contributed by atoms with Crippen LogP contribution in [0.15, 0.2) is 95.8 Å². The lowest BCUT2D eigenvalue weighted by atomic mass is 9.92. The number of aliphatic hydroxyl groups is 1. The molecule has 47 heavy (non-hydrogen) atoms. The van der Waals surface area contributed by atoms with E-state index < -0.39 is 53.2 Å². The van der Waals surface area contributed by atoms with Gasteiger partial charge in [0, 0.05) is 23.7 Å². The Bertz CT molecular complexity index is 1980. The van der Waals surface area contributed by atoms with Crippen molar-refractivity contribution in [3.63, 3.8) is 0 Å². The maximum atomic E-state index is 13.8. The van der Waals surface area contributed by atoms with Crippen molar-refractivity contribution in [2.24, 2.45) is 0 Å². The van der Waals surface area contributed by atoms with E-state index in [9.17, 15) is 49.8 Å². The first-order valence-electron chi connectivity index (χ1n) is 13.5. The molecule has 5 aromatic rings. The van der Waals surface area contributed by atoms with Gasteiger partial charge in [0.25, 0.3) is 17.1 Å². The van der Waals surface area contributed by atoms with Gasteiger partial charge >= 0.3 is 12.4 Å². The van der Waals surface area contributed by atoms with Crippen LogP contribution < -0.4 is 15.6 Å². The van der Waals surface area contributed by atoms with Crippen LogP contribution in [0.2, 0.25) is 0 Å². The second kappa shape index (κ2) is 12.5. The predicted molar refractivity (Wildman–Crippen MR) is 153 cm³/mol. The quantitative estimate of drug-likeness (QED) is 0.183. The van der Waals surface area contributed by atoms with Gasteiger partial charge in [0.1, 0.15) is 11.6 Å². The number of carbonyl (C=O) groups is 1. The molecular weight excluding hydrogens is 642 g/mol. The van der Waals surface area contributed by atoms with Crippen LogP contribution in [-0.2, 0) is 16.8 Å². The highest BCUT2D eigenvalue weighted by Gasteiger charge is 2.71. The van der Waals surface area contributed by atoms with Gasteiger partial charge in [0.05, 0.1) is 16.6 Å². The molecule has 1 amide bonds. The number of halogens is 8. The summed E-state index contributed by atoms with van der Waals surface area (Å²) in [5, 5.41) is 12.0. The van der Waals surface area contributed by atoms with E-state index >= 15 is 0 Å². The zero-order chi connectivity index (χ0) is 34.1. The van der Waals surface area contributed by atoms with E-state index in [-0.39, 0.29) is 40.3 Å². The van der Waals surface area contributed by atoms with Gasteiger partial charge in [-0.1, -0.05) is 42.5 Å². The van der Waals surface area contributed by atoms with Gasteiger partial charge in [0.15, 0.2) is 18.2 Å². The normalized spacial score (nSPS) is 12.3. The van der Waals surface area contributed by atoms with E-state index in [1.54, 1.807) is 30.3 Å². The average Bonchev–Trinajstić information content (AvgIpc) is 3.01. The molecule has 5 rings (SSSR count). The molecule has 0 saturated carbocycles. The van der Waals surface area contributed by atoms with Crippen molar-refractivity contribution in [2.75, 3.05) is 11.9 Å². The van der Waals surface area contributed by atoms with Crippen molar-refractivity contribution in [2.45, 2.75) is 24.4 Å². The molecule has 0 unspecified atom stereocenters. The molecule has 0 spiro atoms. The van der Waals surface area contributed by atoms with Gasteiger partial charge in [0.2, 0.25) is 0 Å². The molecule has 1 heterocycles. The van der Waals surface area contributed by atoms with Gasteiger partial charge in [-0.3, -0.25) is 14.2 Å². The van der Waals surface area contributed by atoms with Crippen LogP contribution in [0.25, 0.3) is 16.6 Å². The lowest BCUT2D eigenvalue weighted by Crippen LogP contribution is -2.53. The van der Waals surface area contributed by atoms with E-state index in [4.69, 9.17) is 4.74 Å². The van der Waals surface area contributed by atoms with Crippen LogP contribution in [0.4, 0.5) is 40.8 Å². The average molecular weight is 664 g/mol. The SMILES string of the molecule is O=C(COc1ccc2nc(Cc3ccccc3)n(-c3ccc(C(O)(C(F)(F)F)C(F)(F)F)cc3)c(=O)c2c1)Nc1ccc(F)c(F)c1. The monoisotopic (exact) mass is 663 g/mol. The summed E-state index contributed by atoms with van der Waals surface area (Å²) in [5.74, 6) is -2.94. The number of alkyl halides is 6. The third-order valence-corrected chi connectivity index (χ3v) is 7.05. The van der Waals surface area contributed by atoms with Gasteiger partial charge in [-0.2, -0.15) is 26.3 Å². The summed E-state index contributed by atoms with van der Waals surface area (Å²) in [6.07, 6.45) is -12.2. The first kappa shape index (κ1) is 33.1. The maximum Gasteiger partial charge on any atom is 0.430 e. The maximum absolute atomic E-state index is 13.8. The van der Waals surface area contributed by atoms with E-state index in [0.717, 1.165) is 34.9 Å². The molecule has 2 N–H and O–H groups in total. The van der Waals surface area contributed by atoms with Crippen molar-refractivity contribution >= 4 is 22.5 Å². The third-order valence-electron chi connectivity index (χ3n) is 7.05. The summed E-state index contributed by atoms with van der Waals surface area (Å²) in [5.41, 5.74) is -6.79. The van der Waals surface area contributed by atoms with Crippen LogP contribution in [0.5, 0.6) is 5.75 Å². The Morgan fingerprint density at radius 2 is 1.49 bits per heavy atom. The molecule has 0 aliphatic rings. The van der Waals surface area contributed by atoms with Crippen molar-refractivity contribution in [1.29, 1.82) is 0 Å². The molecular formula is C32H21F8N3O4. The molecule has 0 aliphatic heterocycles. The van der Waals surface area contributed by atoms with Crippen molar-refractivity contribution in [3.8, 4) is 11.4 Å². The summed E-state index contributed by atoms with van der Waals surface area (Å²) < 4.78 is 114. The molecule has 0 fully saturated rings. The van der Waals surface area contributed by atoms with E-state index in [0.29, 0.717) is 17.7 Å². The Labute approximate surface area is 259 Å². The number of hydrogen-bond acceptors (Lipinski definition) is 5. The molecule has 15 heteroatoms. The first-order valence-corrected chi connectivity index (χ1v) is 13.5. The largest absolute Gasteiger partial charge is 0.484 e. The topological polar surface area (TPSA) is 93.4 Å². The number of nitrogens with zero attached hydrogens (tertiary/aromatic N) is 2. The fraction of sp³-hybridized carbons (Fsp3) is 0.156. The molecule has 0 atom stereocenters. The number of fused-ring (bicyclic) bond motifs is 1. The summed E-state index contributed by atoms with van der Waals surface area (Å²) in [7, 11) is 0. The van der Waals surface area contributed by atoms with E-state index in [2.05, 4.69) is 10.3 Å². The second-order valence-electron chi connectivity index (χ2n) is 10.2.